The van der Waals surface area contributed by atoms with Gasteiger partial charge in [0.15, 0.2) is 0 Å². The van der Waals surface area contributed by atoms with Gasteiger partial charge in [-0.15, -0.1) is 0 Å². The highest BCUT2D eigenvalue weighted by Crippen LogP contribution is 2.69. The number of amides is 2. The van der Waals surface area contributed by atoms with Crippen molar-refractivity contribution in [3.05, 3.63) is 41.7 Å². The SMILES string of the molecule is Cc1ccc(F)c(NC(=O)CCC(=O)NC[C@@H]2C[C@@H]3C=C[C@H]2C32CC2)c1. The van der Waals surface area contributed by atoms with E-state index in [1.165, 1.54) is 25.3 Å². The monoisotopic (exact) mass is 356 g/mol. The van der Waals surface area contributed by atoms with Crippen LogP contribution in [0.2, 0.25) is 0 Å². The van der Waals surface area contributed by atoms with E-state index in [9.17, 15) is 14.0 Å². The molecular weight excluding hydrogens is 331 g/mol. The lowest BCUT2D eigenvalue weighted by molar-refractivity contribution is -0.124. The van der Waals surface area contributed by atoms with E-state index in [0.29, 0.717) is 29.7 Å². The summed E-state index contributed by atoms with van der Waals surface area (Å²) >= 11 is 0. The topological polar surface area (TPSA) is 58.2 Å². The third-order valence-electron chi connectivity index (χ3n) is 6.38. The first-order valence-corrected chi connectivity index (χ1v) is 9.49. The zero-order chi connectivity index (χ0) is 18.3. The Morgan fingerprint density at radius 2 is 1.96 bits per heavy atom. The summed E-state index contributed by atoms with van der Waals surface area (Å²) in [5, 5.41) is 5.53. The minimum atomic E-state index is -0.466. The molecule has 0 heterocycles. The first kappa shape index (κ1) is 17.3. The summed E-state index contributed by atoms with van der Waals surface area (Å²) in [5.41, 5.74) is 1.57. The van der Waals surface area contributed by atoms with Gasteiger partial charge in [-0.05, 0) is 67.1 Å². The van der Waals surface area contributed by atoms with Crippen LogP contribution in [0.5, 0.6) is 0 Å². The molecule has 0 unspecified atom stereocenters. The maximum atomic E-state index is 13.7. The van der Waals surface area contributed by atoms with Gasteiger partial charge in [-0.2, -0.15) is 0 Å². The highest BCUT2D eigenvalue weighted by atomic mass is 19.1. The standard InChI is InChI=1S/C21H25FN2O2/c1-13-2-5-17(22)18(10-13)24-20(26)7-6-19(25)23-12-14-11-15-3-4-16(14)21(15)8-9-21/h2-5,10,14-16H,6-9,11-12H2,1H3,(H,23,25)(H,24,26)/t14-,15-,16+/m0/s1. The Hall–Kier alpha value is -2.17. The second-order valence-corrected chi connectivity index (χ2v) is 8.08. The molecule has 0 aromatic heterocycles. The molecule has 4 rings (SSSR count). The molecule has 138 valence electrons. The number of halogens is 1. The molecular formula is C21H25FN2O2. The highest BCUT2D eigenvalue weighted by molar-refractivity contribution is 5.93. The van der Waals surface area contributed by atoms with Gasteiger partial charge in [0, 0.05) is 19.4 Å². The molecule has 3 aliphatic carbocycles. The molecule has 3 aliphatic rings. The van der Waals surface area contributed by atoms with Crippen LogP contribution in [0, 0.1) is 35.9 Å². The fourth-order valence-electron chi connectivity index (χ4n) is 4.86. The predicted molar refractivity (Wildman–Crippen MR) is 97.9 cm³/mol. The van der Waals surface area contributed by atoms with Crippen LogP contribution in [-0.2, 0) is 9.59 Å². The van der Waals surface area contributed by atoms with Crippen molar-refractivity contribution in [3.63, 3.8) is 0 Å². The number of nitrogens with one attached hydrogen (secondary N) is 2. The third kappa shape index (κ3) is 3.15. The van der Waals surface area contributed by atoms with Gasteiger partial charge in [0.1, 0.15) is 5.82 Å². The normalized spacial score (nSPS) is 26.9. The zero-order valence-electron chi connectivity index (χ0n) is 15.1. The van der Waals surface area contributed by atoms with E-state index in [0.717, 1.165) is 5.56 Å². The molecule has 2 bridgehead atoms. The summed E-state index contributed by atoms with van der Waals surface area (Å²) < 4.78 is 13.7. The lowest BCUT2D eigenvalue weighted by Crippen LogP contribution is -2.32. The smallest absolute Gasteiger partial charge is 0.224 e. The van der Waals surface area contributed by atoms with Crippen LogP contribution >= 0.6 is 0 Å². The minimum Gasteiger partial charge on any atom is -0.356 e. The number of rotatable bonds is 6. The first-order chi connectivity index (χ1) is 12.5. The Labute approximate surface area is 153 Å². The number of anilines is 1. The van der Waals surface area contributed by atoms with E-state index in [2.05, 4.69) is 22.8 Å². The summed E-state index contributed by atoms with van der Waals surface area (Å²) in [4.78, 5) is 24.0. The van der Waals surface area contributed by atoms with E-state index in [-0.39, 0.29) is 30.3 Å². The predicted octanol–water partition coefficient (Wildman–Crippen LogP) is 3.57. The highest BCUT2D eigenvalue weighted by Gasteiger charge is 2.62. The molecule has 2 amide bonds. The van der Waals surface area contributed by atoms with Crippen molar-refractivity contribution in [2.75, 3.05) is 11.9 Å². The largest absolute Gasteiger partial charge is 0.356 e. The third-order valence-corrected chi connectivity index (χ3v) is 6.38. The van der Waals surface area contributed by atoms with E-state index in [1.807, 2.05) is 6.92 Å². The molecule has 5 heteroatoms. The van der Waals surface area contributed by atoms with E-state index >= 15 is 0 Å². The van der Waals surface area contributed by atoms with Crippen LogP contribution in [0.3, 0.4) is 0 Å². The van der Waals surface area contributed by atoms with E-state index < -0.39 is 5.82 Å². The molecule has 26 heavy (non-hydrogen) atoms. The molecule has 2 saturated carbocycles. The Morgan fingerprint density at radius 3 is 2.69 bits per heavy atom. The molecule has 3 atom stereocenters. The quantitative estimate of drug-likeness (QED) is 0.766. The van der Waals surface area contributed by atoms with Crippen molar-refractivity contribution in [2.45, 2.75) is 39.0 Å². The van der Waals surface area contributed by atoms with E-state index in [1.54, 1.807) is 12.1 Å². The van der Waals surface area contributed by atoms with Crippen molar-refractivity contribution < 1.29 is 14.0 Å². The fraction of sp³-hybridized carbons (Fsp3) is 0.524. The molecule has 4 nitrogen and oxygen atoms in total. The van der Waals surface area contributed by atoms with Crippen LogP contribution in [0.1, 0.15) is 37.7 Å². The first-order valence-electron chi connectivity index (χ1n) is 9.49. The van der Waals surface area contributed by atoms with Crippen molar-refractivity contribution >= 4 is 17.5 Å². The molecule has 1 aromatic rings. The zero-order valence-corrected chi connectivity index (χ0v) is 15.1. The van der Waals surface area contributed by atoms with Gasteiger partial charge < -0.3 is 10.6 Å². The van der Waals surface area contributed by atoms with Gasteiger partial charge >= 0.3 is 0 Å². The number of benzene rings is 1. The Bertz CT molecular complexity index is 769. The lowest BCUT2D eigenvalue weighted by atomic mass is 9.89. The van der Waals surface area contributed by atoms with Gasteiger partial charge in [-0.3, -0.25) is 9.59 Å². The average Bonchev–Trinajstić information content (AvgIpc) is 3.28. The number of allylic oxidation sites excluding steroid dienone is 2. The molecule has 0 saturated heterocycles. The van der Waals surface area contributed by atoms with Crippen molar-refractivity contribution in [1.29, 1.82) is 0 Å². The van der Waals surface area contributed by atoms with Gasteiger partial charge in [-0.25, -0.2) is 4.39 Å². The van der Waals surface area contributed by atoms with Crippen molar-refractivity contribution in [3.8, 4) is 0 Å². The molecule has 2 N–H and O–H groups in total. The second kappa shape index (κ2) is 6.53. The van der Waals surface area contributed by atoms with Crippen molar-refractivity contribution in [2.24, 2.45) is 23.2 Å². The van der Waals surface area contributed by atoms with Crippen LogP contribution in [0.15, 0.2) is 30.4 Å². The number of aryl methyl sites for hydroxylation is 1. The average molecular weight is 356 g/mol. The number of carbonyl (C=O) groups is 2. The van der Waals surface area contributed by atoms with E-state index in [4.69, 9.17) is 0 Å². The van der Waals surface area contributed by atoms with Crippen LogP contribution < -0.4 is 10.6 Å². The maximum absolute atomic E-state index is 13.7. The van der Waals surface area contributed by atoms with Crippen LogP contribution in [-0.4, -0.2) is 18.4 Å². The Kier molecular flexibility index (Phi) is 4.33. The minimum absolute atomic E-state index is 0.0553. The number of hydrogen-bond acceptors (Lipinski definition) is 2. The van der Waals surface area contributed by atoms with Crippen LogP contribution in [0.4, 0.5) is 10.1 Å². The lowest BCUT2D eigenvalue weighted by Gasteiger charge is -2.20. The summed E-state index contributed by atoms with van der Waals surface area (Å²) in [6.45, 7) is 2.53. The molecule has 2 fully saturated rings. The van der Waals surface area contributed by atoms with Crippen molar-refractivity contribution in [1.82, 2.24) is 5.32 Å². The molecule has 0 aliphatic heterocycles. The summed E-state index contributed by atoms with van der Waals surface area (Å²) in [5.74, 6) is 0.953. The summed E-state index contributed by atoms with van der Waals surface area (Å²) in [7, 11) is 0. The van der Waals surface area contributed by atoms with Crippen LogP contribution in [0.25, 0.3) is 0 Å². The van der Waals surface area contributed by atoms with Gasteiger partial charge in [0.2, 0.25) is 11.8 Å². The van der Waals surface area contributed by atoms with Gasteiger partial charge in [0.25, 0.3) is 0 Å². The molecule has 1 spiro atoms. The summed E-state index contributed by atoms with van der Waals surface area (Å²) in [6.07, 6.45) is 8.73. The maximum Gasteiger partial charge on any atom is 0.224 e. The number of hydrogen-bond donors (Lipinski definition) is 2. The molecule has 1 aromatic carbocycles. The second-order valence-electron chi connectivity index (χ2n) is 8.08. The Morgan fingerprint density at radius 1 is 1.19 bits per heavy atom. The Balaban J connectivity index is 1.20. The molecule has 0 radical (unpaired) electrons. The number of carbonyl (C=O) groups excluding carboxylic acids is 2. The summed E-state index contributed by atoms with van der Waals surface area (Å²) in [6, 6.07) is 4.56. The fourth-order valence-corrected chi connectivity index (χ4v) is 4.86. The van der Waals surface area contributed by atoms with Gasteiger partial charge in [0.05, 0.1) is 5.69 Å². The van der Waals surface area contributed by atoms with Gasteiger partial charge in [-0.1, -0.05) is 18.2 Å².